The highest BCUT2D eigenvalue weighted by Crippen LogP contribution is 2.43. The molecule has 440 valence electrons. The number of pyridine rings is 1. The van der Waals surface area contributed by atoms with Crippen LogP contribution in [0.1, 0.15) is 159 Å². The van der Waals surface area contributed by atoms with Crippen molar-refractivity contribution in [2.45, 2.75) is 163 Å². The zero-order valence-electron chi connectivity index (χ0n) is 47.1. The zero-order chi connectivity index (χ0) is 58.9. The fourth-order valence-electron chi connectivity index (χ4n) is 8.75. The Labute approximate surface area is 489 Å². The number of hydrogen-bond donors (Lipinski definition) is 2. The van der Waals surface area contributed by atoms with Crippen molar-refractivity contribution in [3.05, 3.63) is 75.7 Å². The van der Waals surface area contributed by atoms with Gasteiger partial charge < -0.3 is 39.0 Å². The van der Waals surface area contributed by atoms with E-state index in [-0.39, 0.29) is 74.7 Å². The molecule has 5 rings (SSSR count). The van der Waals surface area contributed by atoms with E-state index in [9.17, 15) is 47.4 Å². The number of carboxylic acids is 1. The van der Waals surface area contributed by atoms with E-state index in [4.69, 9.17) is 14.2 Å². The number of thiophene rings is 1. The molecular formula is C57H83Br3F3N3O11S. The predicted octanol–water partition coefficient (Wildman–Crippen LogP) is 13.6. The summed E-state index contributed by atoms with van der Waals surface area (Å²) in [6.07, 6.45) is 2.88. The van der Waals surface area contributed by atoms with Crippen LogP contribution in [0.5, 0.6) is 11.5 Å². The van der Waals surface area contributed by atoms with Gasteiger partial charge in [-0.05, 0) is 124 Å². The van der Waals surface area contributed by atoms with Gasteiger partial charge in [-0.2, -0.15) is 13.2 Å². The smallest absolute Gasteiger partial charge is 0.417 e. The highest BCUT2D eigenvalue weighted by Gasteiger charge is 2.56. The lowest BCUT2D eigenvalue weighted by atomic mass is 9.78. The number of nitrogens with zero attached hydrogens (tertiary/aromatic N) is 3. The molecule has 2 aliphatic rings. The minimum Gasteiger partial charge on any atom is -0.493 e. The van der Waals surface area contributed by atoms with Crippen LogP contribution in [-0.4, -0.2) is 122 Å². The summed E-state index contributed by atoms with van der Waals surface area (Å²) in [5.41, 5.74) is -5.26. The van der Waals surface area contributed by atoms with E-state index >= 15 is 0 Å². The van der Waals surface area contributed by atoms with E-state index in [1.807, 2.05) is 48.5 Å². The topological polar surface area (TPSA) is 182 Å². The number of amides is 2. The molecule has 3 aromatic rings. The Kier molecular flexibility index (Phi) is 30.5. The number of halogens is 6. The fraction of sp³-hybridized carbons (Fsp3) is 0.649. The number of alkyl halides is 6. The molecule has 2 aliphatic heterocycles. The molecule has 0 radical (unpaired) electrons. The van der Waals surface area contributed by atoms with E-state index in [2.05, 4.69) is 57.5 Å². The Morgan fingerprint density at radius 1 is 0.859 bits per heavy atom. The van der Waals surface area contributed by atoms with E-state index in [0.717, 1.165) is 52.2 Å². The van der Waals surface area contributed by atoms with Gasteiger partial charge in [0.15, 0.2) is 0 Å². The molecule has 1 aromatic carbocycles. The SMILES string of the molecule is BrCCCBr.CCC[C@H]1N(C(=O)c2cnccc2C(F)(F)F)CCC[C@@]1(Oc1csc(C)c1)C(=O)N1CCC(O)(c2ccccc2OCCCC(C)(C)C(=O)O)CC1.CCOC(=O)C(C)(C)CCCBr.CCOC(=O)C(C)C. The summed E-state index contributed by atoms with van der Waals surface area (Å²) < 4.78 is 64.5. The third-order valence-electron chi connectivity index (χ3n) is 13.2. The van der Waals surface area contributed by atoms with Crippen molar-refractivity contribution < 1.29 is 66.3 Å². The van der Waals surface area contributed by atoms with Crippen LogP contribution in [0.3, 0.4) is 0 Å². The number of rotatable bonds is 22. The van der Waals surface area contributed by atoms with Crippen LogP contribution in [0.4, 0.5) is 13.2 Å². The molecule has 0 aliphatic carbocycles. The highest BCUT2D eigenvalue weighted by molar-refractivity contribution is 9.09. The van der Waals surface area contributed by atoms with Gasteiger partial charge >= 0.3 is 24.1 Å². The van der Waals surface area contributed by atoms with Crippen molar-refractivity contribution in [1.29, 1.82) is 0 Å². The minimum absolute atomic E-state index is 0.00921. The second-order valence-electron chi connectivity index (χ2n) is 20.7. The van der Waals surface area contributed by atoms with E-state index < -0.39 is 51.8 Å². The molecule has 0 saturated carbocycles. The van der Waals surface area contributed by atoms with Crippen molar-refractivity contribution in [1.82, 2.24) is 14.8 Å². The first-order chi connectivity index (χ1) is 36.7. The van der Waals surface area contributed by atoms with Crippen molar-refractivity contribution in [3.8, 4) is 11.5 Å². The fourth-order valence-corrected chi connectivity index (χ4v) is 10.9. The van der Waals surface area contributed by atoms with Gasteiger partial charge in [-0.1, -0.05) is 93.2 Å². The number of aliphatic hydroxyl groups is 1. The molecule has 78 heavy (non-hydrogen) atoms. The number of aromatic nitrogens is 1. The van der Waals surface area contributed by atoms with Crippen molar-refractivity contribution >= 4 is 88.8 Å². The molecule has 2 amide bonds. The molecule has 14 nitrogen and oxygen atoms in total. The predicted molar refractivity (Wildman–Crippen MR) is 310 cm³/mol. The van der Waals surface area contributed by atoms with Gasteiger partial charge in [0, 0.05) is 70.3 Å². The van der Waals surface area contributed by atoms with Crippen LogP contribution in [0, 0.1) is 23.7 Å². The molecule has 0 unspecified atom stereocenters. The normalized spacial score (nSPS) is 17.2. The summed E-state index contributed by atoms with van der Waals surface area (Å²) in [7, 11) is 0. The summed E-state index contributed by atoms with van der Waals surface area (Å²) >= 11 is 11.3. The molecule has 0 spiro atoms. The highest BCUT2D eigenvalue weighted by atomic mass is 79.9. The maximum Gasteiger partial charge on any atom is 0.417 e. The summed E-state index contributed by atoms with van der Waals surface area (Å²) in [6.45, 7) is 19.9. The minimum atomic E-state index is -4.78. The maximum absolute atomic E-state index is 14.9. The Bertz CT molecular complexity index is 2330. The van der Waals surface area contributed by atoms with Crippen molar-refractivity contribution in [2.24, 2.45) is 16.7 Å². The molecule has 2 atom stereocenters. The Hall–Kier alpha value is -3.79. The van der Waals surface area contributed by atoms with Crippen LogP contribution >= 0.6 is 59.1 Å². The van der Waals surface area contributed by atoms with Crippen LogP contribution in [-0.2, 0) is 40.4 Å². The average molecular weight is 1320 g/mol. The van der Waals surface area contributed by atoms with Gasteiger partial charge in [0.05, 0.1) is 59.3 Å². The van der Waals surface area contributed by atoms with Gasteiger partial charge in [0.2, 0.25) is 5.60 Å². The monoisotopic (exact) mass is 1310 g/mol. The van der Waals surface area contributed by atoms with Crippen LogP contribution in [0.2, 0.25) is 0 Å². The standard InChI is InChI=1S/C39H48F3N3O7S.C9H17BrO2.C6H12O2.C3H6Br2/c1-5-10-32-38(52-27-23-26(2)53-25-27,15-8-19-45(32)33(46)28-24-43-18-13-29(28)39(40,41)42)34(47)44-20-16-37(50,17-21-44)30-11-6-7-12-31(30)51-22-9-14-36(3,4)35(48)49;1-4-12-8(11)9(2,3)6-5-7-10;1-4-8-6(7)5(2)3;4-2-1-3-5/h6-7,11-13,18,23-25,32,50H,5,8-10,14-17,19-22H2,1-4H3,(H,48,49);4-7H2,1-3H3;5H,4H2,1-3H3;1-3H2/t32-,38+;;;/m1.../s1. The number of hydrogen-bond acceptors (Lipinski definition) is 12. The Balaban J connectivity index is 0.000000685. The lowest BCUT2D eigenvalue weighted by molar-refractivity contribution is -0.163. The number of benzene rings is 1. The molecule has 21 heteroatoms. The number of aliphatic carboxylic acids is 1. The number of carboxylic acid groups (broad SMARTS) is 1. The number of carbonyl (C=O) groups excluding carboxylic acids is 4. The largest absolute Gasteiger partial charge is 0.493 e. The Morgan fingerprint density at radius 3 is 1.99 bits per heavy atom. The lowest BCUT2D eigenvalue weighted by Gasteiger charge is -2.51. The molecule has 2 fully saturated rings. The van der Waals surface area contributed by atoms with Gasteiger partial charge in [0.25, 0.3) is 11.8 Å². The zero-order valence-corrected chi connectivity index (χ0v) is 52.7. The average Bonchev–Trinajstić information content (AvgIpc) is 3.81. The third kappa shape index (κ3) is 21.3. The van der Waals surface area contributed by atoms with Crippen LogP contribution < -0.4 is 9.47 Å². The number of piperidine rings is 2. The lowest BCUT2D eigenvalue weighted by Crippen LogP contribution is -2.68. The van der Waals surface area contributed by atoms with E-state index in [1.54, 1.807) is 61.4 Å². The second-order valence-corrected chi connectivity index (χ2v) is 24.2. The Morgan fingerprint density at radius 2 is 1.47 bits per heavy atom. The summed E-state index contributed by atoms with van der Waals surface area (Å²) in [5, 5.41) is 26.4. The second kappa shape index (κ2) is 33.8. The summed E-state index contributed by atoms with van der Waals surface area (Å²) in [4.78, 5) is 70.2. The number of carbonyl (C=O) groups is 5. The quantitative estimate of drug-likeness (QED) is 0.0552. The molecule has 0 bridgehead atoms. The maximum atomic E-state index is 14.9. The number of esters is 2. The van der Waals surface area contributed by atoms with Crippen molar-refractivity contribution in [3.63, 3.8) is 0 Å². The summed E-state index contributed by atoms with van der Waals surface area (Å²) in [5.74, 6) is -1.40. The molecule has 4 heterocycles. The van der Waals surface area contributed by atoms with Crippen molar-refractivity contribution in [2.75, 3.05) is 55.4 Å². The first kappa shape index (κ1) is 70.3. The third-order valence-corrected chi connectivity index (χ3v) is 15.8. The summed E-state index contributed by atoms with van der Waals surface area (Å²) in [6, 6.07) is 8.84. The number of likely N-dealkylation sites (tertiary alicyclic amines) is 2. The number of aryl methyl sites for hydroxylation is 1. The van der Waals surface area contributed by atoms with Crippen LogP contribution in [0.25, 0.3) is 0 Å². The van der Waals surface area contributed by atoms with E-state index in [1.165, 1.54) is 22.7 Å². The molecule has 2 saturated heterocycles. The van der Waals surface area contributed by atoms with Gasteiger partial charge in [-0.25, -0.2) is 0 Å². The van der Waals surface area contributed by atoms with Gasteiger partial charge in [0.1, 0.15) is 11.5 Å². The number of para-hydroxylation sites is 1. The molecular weight excluding hydrogens is 1230 g/mol. The first-order valence-electron chi connectivity index (χ1n) is 26.7. The van der Waals surface area contributed by atoms with E-state index in [0.29, 0.717) is 62.4 Å². The molecule has 2 aromatic heterocycles. The van der Waals surface area contributed by atoms with Gasteiger partial charge in [-0.3, -0.25) is 29.0 Å². The van der Waals surface area contributed by atoms with Gasteiger partial charge in [-0.15, -0.1) is 11.3 Å². The first-order valence-corrected chi connectivity index (χ1v) is 31.0. The molecule has 2 N–H and O–H groups in total. The number of ether oxygens (including phenoxy) is 4. The van der Waals surface area contributed by atoms with Crippen LogP contribution in [0.15, 0.2) is 54.2 Å².